The van der Waals surface area contributed by atoms with E-state index in [1.54, 1.807) is 32.4 Å². The van der Waals surface area contributed by atoms with Crippen LogP contribution in [0, 0.1) is 0 Å². The maximum absolute atomic E-state index is 12.2. The van der Waals surface area contributed by atoms with Crippen LogP contribution in [-0.2, 0) is 4.79 Å². The molecule has 0 fully saturated rings. The number of benzene rings is 3. The largest absolute Gasteiger partial charge is 0.493 e. The fourth-order valence-corrected chi connectivity index (χ4v) is 3.19. The summed E-state index contributed by atoms with van der Waals surface area (Å²) in [4.78, 5) is 12.2. The Bertz CT molecular complexity index is 942. The topological polar surface area (TPSA) is 56.8 Å². The number of carbonyl (C=O) groups excluding carboxylic acids is 1. The molecule has 0 heterocycles. The summed E-state index contributed by atoms with van der Waals surface area (Å²) in [6, 6.07) is 16.9. The van der Waals surface area contributed by atoms with E-state index in [9.17, 15) is 4.79 Å². The van der Waals surface area contributed by atoms with Gasteiger partial charge in [-0.3, -0.25) is 4.79 Å². The van der Waals surface area contributed by atoms with Crippen molar-refractivity contribution in [1.82, 2.24) is 0 Å². The first kappa shape index (κ1) is 18.1. The molecule has 5 nitrogen and oxygen atoms in total. The Labute approximate surface area is 160 Å². The smallest absolute Gasteiger partial charge is 0.262 e. The number of rotatable bonds is 6. The lowest BCUT2D eigenvalue weighted by molar-refractivity contribution is -0.118. The Kier molecular flexibility index (Phi) is 5.63. The molecule has 0 saturated carbocycles. The molecule has 0 aliphatic heterocycles. The number of ether oxygens (including phenoxy) is 3. The molecule has 0 spiro atoms. The van der Waals surface area contributed by atoms with Crippen LogP contribution in [0.15, 0.2) is 59.1 Å². The SMILES string of the molecule is COc1ccc(NC(=O)COc2ccc3ccccc3c2Br)cc1OC. The highest BCUT2D eigenvalue weighted by atomic mass is 79.9. The lowest BCUT2D eigenvalue weighted by Gasteiger charge is -2.12. The predicted molar refractivity (Wildman–Crippen MR) is 105 cm³/mol. The standard InChI is InChI=1S/C20H18BrNO4/c1-24-16-10-8-14(11-18(16)25-2)22-19(23)12-26-17-9-7-13-5-3-4-6-15(13)20(17)21/h3-11H,12H2,1-2H3,(H,22,23). The fourth-order valence-electron chi connectivity index (χ4n) is 2.58. The Balaban J connectivity index is 1.67. The zero-order valence-electron chi connectivity index (χ0n) is 14.4. The van der Waals surface area contributed by atoms with E-state index in [2.05, 4.69) is 21.2 Å². The van der Waals surface area contributed by atoms with Gasteiger partial charge >= 0.3 is 0 Å². The summed E-state index contributed by atoms with van der Waals surface area (Å²) < 4.78 is 16.9. The van der Waals surface area contributed by atoms with Crippen molar-refractivity contribution in [1.29, 1.82) is 0 Å². The van der Waals surface area contributed by atoms with Crippen molar-refractivity contribution in [2.45, 2.75) is 0 Å². The molecule has 3 rings (SSSR count). The molecule has 0 radical (unpaired) electrons. The molecule has 26 heavy (non-hydrogen) atoms. The van der Waals surface area contributed by atoms with Crippen LogP contribution < -0.4 is 19.5 Å². The minimum Gasteiger partial charge on any atom is -0.493 e. The third-order valence-corrected chi connectivity index (χ3v) is 4.67. The van der Waals surface area contributed by atoms with Gasteiger partial charge in [0.1, 0.15) is 5.75 Å². The molecule has 1 N–H and O–H groups in total. The van der Waals surface area contributed by atoms with Crippen molar-refractivity contribution in [2.75, 3.05) is 26.1 Å². The third-order valence-electron chi connectivity index (χ3n) is 3.85. The Morgan fingerprint density at radius 2 is 1.69 bits per heavy atom. The summed E-state index contributed by atoms with van der Waals surface area (Å²) in [7, 11) is 3.11. The highest BCUT2D eigenvalue weighted by Gasteiger charge is 2.10. The van der Waals surface area contributed by atoms with Gasteiger partial charge in [0, 0.05) is 11.8 Å². The number of methoxy groups -OCH3 is 2. The molecule has 0 aromatic heterocycles. The van der Waals surface area contributed by atoms with Crippen LogP contribution in [0.4, 0.5) is 5.69 Å². The Morgan fingerprint density at radius 3 is 2.46 bits per heavy atom. The maximum atomic E-state index is 12.2. The van der Waals surface area contributed by atoms with Crippen molar-refractivity contribution in [2.24, 2.45) is 0 Å². The van der Waals surface area contributed by atoms with Gasteiger partial charge in [0.05, 0.1) is 18.7 Å². The molecule has 0 unspecified atom stereocenters. The predicted octanol–water partition coefficient (Wildman–Crippen LogP) is 4.64. The molecular weight excluding hydrogens is 398 g/mol. The van der Waals surface area contributed by atoms with Crippen LogP contribution in [0.3, 0.4) is 0 Å². The van der Waals surface area contributed by atoms with Crippen LogP contribution in [0.5, 0.6) is 17.2 Å². The van der Waals surface area contributed by atoms with Crippen LogP contribution in [-0.4, -0.2) is 26.7 Å². The molecular formula is C20H18BrNO4. The summed E-state index contributed by atoms with van der Waals surface area (Å²) in [6.07, 6.45) is 0. The van der Waals surface area contributed by atoms with Gasteiger partial charge in [0.25, 0.3) is 5.91 Å². The van der Waals surface area contributed by atoms with E-state index in [-0.39, 0.29) is 12.5 Å². The van der Waals surface area contributed by atoms with E-state index < -0.39 is 0 Å². The number of hydrogen-bond donors (Lipinski definition) is 1. The molecule has 1 amide bonds. The van der Waals surface area contributed by atoms with Gasteiger partial charge < -0.3 is 19.5 Å². The summed E-state index contributed by atoms with van der Waals surface area (Å²) in [5.41, 5.74) is 0.605. The molecule has 0 bridgehead atoms. The van der Waals surface area contributed by atoms with Crippen molar-refractivity contribution in [3.63, 3.8) is 0 Å². The van der Waals surface area contributed by atoms with Gasteiger partial charge in [0.2, 0.25) is 0 Å². The van der Waals surface area contributed by atoms with Gasteiger partial charge in [0.15, 0.2) is 18.1 Å². The average Bonchev–Trinajstić information content (AvgIpc) is 2.67. The second-order valence-electron chi connectivity index (χ2n) is 5.51. The molecule has 134 valence electrons. The number of anilines is 1. The first-order valence-electron chi connectivity index (χ1n) is 7.94. The molecule has 0 saturated heterocycles. The lowest BCUT2D eigenvalue weighted by atomic mass is 10.1. The molecule has 0 aliphatic rings. The number of halogens is 1. The second-order valence-corrected chi connectivity index (χ2v) is 6.30. The van der Waals surface area contributed by atoms with Crippen LogP contribution in [0.25, 0.3) is 10.8 Å². The van der Waals surface area contributed by atoms with Crippen molar-refractivity contribution in [3.05, 3.63) is 59.1 Å². The van der Waals surface area contributed by atoms with Gasteiger partial charge in [-0.1, -0.05) is 30.3 Å². The third kappa shape index (κ3) is 3.91. The number of amides is 1. The van der Waals surface area contributed by atoms with Crippen LogP contribution in [0.1, 0.15) is 0 Å². The Morgan fingerprint density at radius 1 is 0.962 bits per heavy atom. The van der Waals surface area contributed by atoms with Gasteiger partial charge in [-0.05, 0) is 44.9 Å². The van der Waals surface area contributed by atoms with Crippen LogP contribution in [0.2, 0.25) is 0 Å². The van der Waals surface area contributed by atoms with Crippen molar-refractivity contribution in [3.8, 4) is 17.2 Å². The van der Waals surface area contributed by atoms with E-state index in [0.29, 0.717) is 22.9 Å². The van der Waals surface area contributed by atoms with Gasteiger partial charge in [-0.25, -0.2) is 0 Å². The number of hydrogen-bond acceptors (Lipinski definition) is 4. The minimum atomic E-state index is -0.266. The van der Waals surface area contributed by atoms with Gasteiger partial charge in [-0.15, -0.1) is 0 Å². The number of nitrogens with one attached hydrogen (secondary N) is 1. The summed E-state index contributed by atoms with van der Waals surface area (Å²) in [6.45, 7) is -0.106. The molecule has 0 atom stereocenters. The monoisotopic (exact) mass is 415 g/mol. The first-order valence-corrected chi connectivity index (χ1v) is 8.73. The first-order chi connectivity index (χ1) is 12.6. The molecule has 0 aliphatic carbocycles. The van der Waals surface area contributed by atoms with Crippen LogP contribution >= 0.6 is 15.9 Å². The van der Waals surface area contributed by atoms with Crippen molar-refractivity contribution >= 4 is 38.3 Å². The average molecular weight is 416 g/mol. The minimum absolute atomic E-state index is 0.106. The normalized spacial score (nSPS) is 10.4. The van der Waals surface area contributed by atoms with Crippen molar-refractivity contribution < 1.29 is 19.0 Å². The highest BCUT2D eigenvalue weighted by Crippen LogP contribution is 2.33. The molecule has 3 aromatic carbocycles. The lowest BCUT2D eigenvalue weighted by Crippen LogP contribution is -2.20. The fraction of sp³-hybridized carbons (Fsp3) is 0.150. The number of carbonyl (C=O) groups is 1. The van der Waals surface area contributed by atoms with E-state index in [1.807, 2.05) is 36.4 Å². The molecule has 3 aromatic rings. The van der Waals surface area contributed by atoms with E-state index in [4.69, 9.17) is 14.2 Å². The number of fused-ring (bicyclic) bond motifs is 1. The molecule has 6 heteroatoms. The van der Waals surface area contributed by atoms with E-state index >= 15 is 0 Å². The summed E-state index contributed by atoms with van der Waals surface area (Å²) in [5.74, 6) is 1.49. The Hall–Kier alpha value is -2.73. The van der Waals surface area contributed by atoms with E-state index in [1.165, 1.54) is 0 Å². The van der Waals surface area contributed by atoms with Gasteiger partial charge in [-0.2, -0.15) is 0 Å². The maximum Gasteiger partial charge on any atom is 0.262 e. The van der Waals surface area contributed by atoms with E-state index in [0.717, 1.165) is 15.2 Å². The highest BCUT2D eigenvalue weighted by molar-refractivity contribution is 9.10. The quantitative estimate of drug-likeness (QED) is 0.637. The zero-order valence-corrected chi connectivity index (χ0v) is 16.0. The summed E-state index contributed by atoms with van der Waals surface area (Å²) >= 11 is 3.55. The zero-order chi connectivity index (χ0) is 18.5. The second kappa shape index (κ2) is 8.10. The summed E-state index contributed by atoms with van der Waals surface area (Å²) in [5, 5.41) is 4.91.